The second kappa shape index (κ2) is 7.63. The predicted molar refractivity (Wildman–Crippen MR) is 64.0 cm³/mol. The maximum absolute atomic E-state index is 5.80. The van der Waals surface area contributed by atoms with Crippen molar-refractivity contribution >= 4 is 0 Å². The van der Waals surface area contributed by atoms with Crippen LogP contribution in [0.4, 0.5) is 0 Å². The van der Waals surface area contributed by atoms with Crippen LogP contribution in [0.2, 0.25) is 0 Å². The van der Waals surface area contributed by atoms with Crippen LogP contribution in [0, 0.1) is 5.92 Å². The summed E-state index contributed by atoms with van der Waals surface area (Å²) < 4.78 is 0. The summed E-state index contributed by atoms with van der Waals surface area (Å²) in [7, 11) is 0. The van der Waals surface area contributed by atoms with Gasteiger partial charge in [0.25, 0.3) is 0 Å². The molecule has 0 fully saturated rings. The zero-order valence-electron chi connectivity index (χ0n) is 9.96. The van der Waals surface area contributed by atoms with Crippen molar-refractivity contribution in [1.82, 2.24) is 4.90 Å². The maximum atomic E-state index is 5.80. The molecule has 0 aliphatic rings. The normalized spacial score (nSPS) is 15.4. The molecular weight excluding hydrogens is 172 g/mol. The molecule has 0 bridgehead atoms. The number of nitrogens with zero attached hydrogens (tertiary/aromatic N) is 1. The molecule has 1 unspecified atom stereocenters. The second-order valence-corrected chi connectivity index (χ2v) is 3.63. The van der Waals surface area contributed by atoms with Gasteiger partial charge in [-0.3, -0.25) is 0 Å². The summed E-state index contributed by atoms with van der Waals surface area (Å²) >= 11 is 0. The molecule has 0 aromatic rings. The Labute approximate surface area is 88.5 Å². The summed E-state index contributed by atoms with van der Waals surface area (Å²) in [6, 6.07) is 0. The van der Waals surface area contributed by atoms with Gasteiger partial charge in [-0.2, -0.15) is 0 Å². The second-order valence-electron chi connectivity index (χ2n) is 3.63. The average Bonchev–Trinajstić information content (AvgIpc) is 2.14. The monoisotopic (exact) mass is 196 g/mol. The van der Waals surface area contributed by atoms with Gasteiger partial charge in [-0.1, -0.05) is 32.9 Å². The minimum atomic E-state index is 0.520. The number of hydrogen-bond donors (Lipinski definition) is 1. The first kappa shape index (κ1) is 13.2. The molecule has 2 nitrogen and oxygen atoms in total. The Bertz CT molecular complexity index is 190. The van der Waals surface area contributed by atoms with Gasteiger partial charge in [0.2, 0.25) is 0 Å². The van der Waals surface area contributed by atoms with Gasteiger partial charge < -0.3 is 10.6 Å². The van der Waals surface area contributed by atoms with Crippen molar-refractivity contribution in [3.63, 3.8) is 0 Å². The molecule has 14 heavy (non-hydrogen) atoms. The number of hydrogen-bond acceptors (Lipinski definition) is 2. The Kier molecular flexibility index (Phi) is 7.21. The van der Waals surface area contributed by atoms with Gasteiger partial charge >= 0.3 is 0 Å². The lowest BCUT2D eigenvalue weighted by Gasteiger charge is -2.20. The van der Waals surface area contributed by atoms with Crippen molar-refractivity contribution in [3.05, 3.63) is 23.9 Å². The molecule has 1 atom stereocenters. The molecule has 0 aromatic carbocycles. The fraction of sp³-hybridized carbons (Fsp3) is 0.667. The van der Waals surface area contributed by atoms with E-state index in [2.05, 4.69) is 31.7 Å². The Hall–Kier alpha value is -0.760. The first-order chi connectivity index (χ1) is 6.63. The first-order valence-corrected chi connectivity index (χ1v) is 5.46. The maximum Gasteiger partial charge on any atom is 0.0273 e. The fourth-order valence-electron chi connectivity index (χ4n) is 1.52. The molecule has 0 saturated carbocycles. The van der Waals surface area contributed by atoms with Gasteiger partial charge in [-0.25, -0.2) is 0 Å². The summed E-state index contributed by atoms with van der Waals surface area (Å²) in [6.45, 7) is 11.9. The van der Waals surface area contributed by atoms with E-state index < -0.39 is 0 Å². The van der Waals surface area contributed by atoms with Crippen molar-refractivity contribution in [2.45, 2.75) is 27.7 Å². The number of allylic oxidation sites excluding steroid dienone is 2. The molecule has 2 N–H and O–H groups in total. The van der Waals surface area contributed by atoms with Gasteiger partial charge in [0.15, 0.2) is 0 Å². The van der Waals surface area contributed by atoms with E-state index in [1.165, 1.54) is 0 Å². The van der Waals surface area contributed by atoms with E-state index in [1.807, 2.05) is 19.1 Å². The largest absolute Gasteiger partial charge is 0.399 e. The quantitative estimate of drug-likeness (QED) is 0.661. The van der Waals surface area contributed by atoms with Crippen molar-refractivity contribution < 1.29 is 0 Å². The van der Waals surface area contributed by atoms with Crippen LogP contribution >= 0.6 is 0 Å². The van der Waals surface area contributed by atoms with E-state index in [9.17, 15) is 0 Å². The molecule has 0 amide bonds. The standard InChI is InChI=1S/C12H24N2/c1-5-8-12(13)9-11(4)10-14(6-2)7-3/h5,8-9,11H,6-7,10,13H2,1-4H3/b8-5-,12-9+. The van der Waals surface area contributed by atoms with Crippen LogP contribution in [-0.4, -0.2) is 24.5 Å². The molecule has 0 aliphatic carbocycles. The molecule has 0 saturated heterocycles. The SMILES string of the molecule is C/C=C\C(N)=C/C(C)CN(CC)CC. The molecule has 2 heteroatoms. The zero-order valence-corrected chi connectivity index (χ0v) is 9.96. The highest BCUT2D eigenvalue weighted by atomic mass is 15.1. The van der Waals surface area contributed by atoms with Gasteiger partial charge in [-0.05, 0) is 32.0 Å². The van der Waals surface area contributed by atoms with Gasteiger partial charge in [0.05, 0.1) is 0 Å². The van der Waals surface area contributed by atoms with Gasteiger partial charge in [0, 0.05) is 12.2 Å². The lowest BCUT2D eigenvalue weighted by atomic mass is 10.1. The molecule has 0 aromatic heterocycles. The smallest absolute Gasteiger partial charge is 0.0273 e. The summed E-state index contributed by atoms with van der Waals surface area (Å²) in [6.07, 6.45) is 6.03. The summed E-state index contributed by atoms with van der Waals surface area (Å²) in [4.78, 5) is 2.41. The highest BCUT2D eigenvalue weighted by Crippen LogP contribution is 2.03. The minimum Gasteiger partial charge on any atom is -0.399 e. The number of rotatable bonds is 6. The summed E-state index contributed by atoms with van der Waals surface area (Å²) in [5.41, 5.74) is 6.67. The van der Waals surface area contributed by atoms with E-state index in [1.54, 1.807) is 0 Å². The highest BCUT2D eigenvalue weighted by molar-refractivity contribution is 5.14. The molecule has 0 radical (unpaired) electrons. The third kappa shape index (κ3) is 5.81. The average molecular weight is 196 g/mol. The summed E-state index contributed by atoms with van der Waals surface area (Å²) in [5, 5.41) is 0. The fourth-order valence-corrected chi connectivity index (χ4v) is 1.52. The van der Waals surface area contributed by atoms with Crippen LogP contribution in [0.1, 0.15) is 27.7 Å². The van der Waals surface area contributed by atoms with Crippen molar-refractivity contribution in [2.75, 3.05) is 19.6 Å². The Morgan fingerprint density at radius 2 is 1.93 bits per heavy atom. The van der Waals surface area contributed by atoms with E-state index in [4.69, 9.17) is 5.73 Å². The van der Waals surface area contributed by atoms with E-state index >= 15 is 0 Å². The Morgan fingerprint density at radius 1 is 1.36 bits per heavy atom. The van der Waals surface area contributed by atoms with Crippen LogP contribution in [0.3, 0.4) is 0 Å². The van der Waals surface area contributed by atoms with Crippen LogP contribution < -0.4 is 5.73 Å². The highest BCUT2D eigenvalue weighted by Gasteiger charge is 2.04. The van der Waals surface area contributed by atoms with E-state index in [0.717, 1.165) is 25.3 Å². The molecule has 0 heterocycles. The summed E-state index contributed by atoms with van der Waals surface area (Å²) in [5.74, 6) is 0.520. The third-order valence-corrected chi connectivity index (χ3v) is 2.28. The van der Waals surface area contributed by atoms with Crippen molar-refractivity contribution in [3.8, 4) is 0 Å². The third-order valence-electron chi connectivity index (χ3n) is 2.28. The van der Waals surface area contributed by atoms with Crippen molar-refractivity contribution in [1.29, 1.82) is 0 Å². The Morgan fingerprint density at radius 3 is 2.36 bits per heavy atom. The molecule has 0 rings (SSSR count). The van der Waals surface area contributed by atoms with Gasteiger partial charge in [-0.15, -0.1) is 0 Å². The predicted octanol–water partition coefficient (Wildman–Crippen LogP) is 2.38. The molecular formula is C12H24N2. The molecule has 0 spiro atoms. The van der Waals surface area contributed by atoms with Crippen LogP contribution in [0.15, 0.2) is 23.9 Å². The van der Waals surface area contributed by atoms with Crippen LogP contribution in [-0.2, 0) is 0 Å². The van der Waals surface area contributed by atoms with Crippen LogP contribution in [0.5, 0.6) is 0 Å². The topological polar surface area (TPSA) is 29.3 Å². The van der Waals surface area contributed by atoms with E-state index in [0.29, 0.717) is 5.92 Å². The molecule has 0 aliphatic heterocycles. The van der Waals surface area contributed by atoms with E-state index in [-0.39, 0.29) is 0 Å². The Balaban J connectivity index is 4.07. The first-order valence-electron chi connectivity index (χ1n) is 5.46. The minimum absolute atomic E-state index is 0.520. The molecule has 82 valence electrons. The van der Waals surface area contributed by atoms with Crippen LogP contribution in [0.25, 0.3) is 0 Å². The number of nitrogens with two attached hydrogens (primary N) is 1. The lowest BCUT2D eigenvalue weighted by molar-refractivity contribution is 0.280. The lowest BCUT2D eigenvalue weighted by Crippen LogP contribution is -2.27. The van der Waals surface area contributed by atoms with Gasteiger partial charge in [0.1, 0.15) is 0 Å². The zero-order chi connectivity index (χ0) is 11.0. The van der Waals surface area contributed by atoms with Crippen molar-refractivity contribution in [2.24, 2.45) is 11.7 Å².